The number of rotatable bonds is 13. The molecule has 190 valence electrons. The van der Waals surface area contributed by atoms with E-state index >= 15 is 0 Å². The van der Waals surface area contributed by atoms with Gasteiger partial charge in [0.1, 0.15) is 15.8 Å². The molecule has 0 aliphatic carbocycles. The number of aromatic nitrogens is 1. The Kier molecular flexibility index (Phi) is 10.6. The molecule has 2 N–H and O–H groups in total. The van der Waals surface area contributed by atoms with Gasteiger partial charge in [-0.1, -0.05) is 35.4 Å². The van der Waals surface area contributed by atoms with Crippen LogP contribution in [0.4, 0.5) is 4.79 Å². The van der Waals surface area contributed by atoms with Gasteiger partial charge in [0.25, 0.3) is 0 Å². The molecule has 0 radical (unpaired) electrons. The number of benzene rings is 1. The Labute approximate surface area is 218 Å². The number of carbonyl (C=O) groups is 3. The molecule has 0 bridgehead atoms. The number of carboxylic acids is 2. The summed E-state index contributed by atoms with van der Waals surface area (Å²) >= 11 is 2.73. The summed E-state index contributed by atoms with van der Waals surface area (Å²) in [7, 11) is 3.38. The van der Waals surface area contributed by atoms with Crippen LogP contribution in [0.3, 0.4) is 0 Å². The average molecular weight is 559 g/mol. The van der Waals surface area contributed by atoms with Gasteiger partial charge in [-0.2, -0.15) is 0 Å². The second kappa shape index (κ2) is 13.4. The highest BCUT2D eigenvalue weighted by Crippen LogP contribution is 2.32. The molecule has 2 heterocycles. The van der Waals surface area contributed by atoms with E-state index in [2.05, 4.69) is 16.9 Å². The first-order chi connectivity index (χ1) is 16.7. The Hall–Kier alpha value is -1.96. The van der Waals surface area contributed by atoms with E-state index in [1.807, 2.05) is 6.92 Å². The molecular formula is C22H26N2O7S4. The summed E-state index contributed by atoms with van der Waals surface area (Å²) in [4.78, 5) is 42.6. The van der Waals surface area contributed by atoms with Gasteiger partial charge in [0.2, 0.25) is 0 Å². The van der Waals surface area contributed by atoms with Crippen LogP contribution in [0.5, 0.6) is 5.75 Å². The number of aliphatic carboxylic acids is 2. The zero-order chi connectivity index (χ0) is 25.4. The molecule has 2 unspecified atom stereocenters. The lowest BCUT2D eigenvalue weighted by atomic mass is 9.95. The first-order valence-corrected chi connectivity index (χ1v) is 15.2. The summed E-state index contributed by atoms with van der Waals surface area (Å²) in [6, 6.07) is 4.32. The molecule has 9 nitrogen and oxygen atoms in total. The van der Waals surface area contributed by atoms with Crippen molar-refractivity contribution < 1.29 is 34.1 Å². The number of hydrogen-bond acceptors (Lipinski definition) is 11. The molecule has 2 aromatic rings. The number of aliphatic imine (C=N–C) groups is 1. The van der Waals surface area contributed by atoms with Crippen LogP contribution in [0.25, 0.3) is 10.2 Å². The van der Waals surface area contributed by atoms with E-state index in [0.29, 0.717) is 39.4 Å². The summed E-state index contributed by atoms with van der Waals surface area (Å²) < 4.78 is 11.2. The third-order valence-electron chi connectivity index (χ3n) is 5.15. The Bertz CT molecular complexity index is 1090. The number of thiazole rings is 1. The quantitative estimate of drug-likeness (QED) is 0.144. The third kappa shape index (κ3) is 8.58. The highest BCUT2D eigenvalue weighted by atomic mass is 33.1. The smallest absolute Gasteiger partial charge is 0.481 e. The molecule has 35 heavy (non-hydrogen) atoms. The predicted octanol–water partition coefficient (Wildman–Crippen LogP) is 5.28. The lowest BCUT2D eigenvalue weighted by Crippen LogP contribution is -2.17. The van der Waals surface area contributed by atoms with Crippen molar-refractivity contribution in [3.8, 4) is 5.75 Å². The van der Waals surface area contributed by atoms with Gasteiger partial charge in [0.05, 0.1) is 16.8 Å². The lowest BCUT2D eigenvalue weighted by Gasteiger charge is -2.17. The number of nitrogens with zero attached hydrogens (tertiary/aromatic N) is 2. The van der Waals surface area contributed by atoms with Crippen LogP contribution in [-0.2, 0) is 14.3 Å². The predicted molar refractivity (Wildman–Crippen MR) is 142 cm³/mol. The molecular weight excluding hydrogens is 533 g/mol. The second-order valence-electron chi connectivity index (χ2n) is 7.96. The van der Waals surface area contributed by atoms with Crippen LogP contribution in [0.2, 0.25) is 0 Å². The maximum atomic E-state index is 12.0. The largest absolute Gasteiger partial charge is 0.513 e. The summed E-state index contributed by atoms with van der Waals surface area (Å²) in [6.45, 7) is 4.25. The van der Waals surface area contributed by atoms with E-state index in [1.54, 1.807) is 39.8 Å². The molecule has 0 saturated heterocycles. The van der Waals surface area contributed by atoms with Crippen molar-refractivity contribution in [2.24, 2.45) is 16.8 Å². The molecule has 3 rings (SSSR count). The van der Waals surface area contributed by atoms with Gasteiger partial charge in [-0.25, -0.2) is 14.6 Å². The fraction of sp³-hybridized carbons (Fsp3) is 0.500. The standard InChI is InChI=1S/C22H26N2O7S4/c1-12(8-18(25)26)13(2)10-34-33-7-3-6-30-22(29)31-14-4-5-15-17(9-14)35-20(23-15)19-24-16(11-32-19)21(27)28/h4-5,9,12-13,16H,3,6-8,10-11H2,1-2H3,(H,25,26)(H,27,28)/t12?,13?,16-/m1/s1. The Morgan fingerprint density at radius 2 is 2.00 bits per heavy atom. The normalized spacial score (nSPS) is 17.1. The first kappa shape index (κ1) is 27.6. The molecule has 1 aromatic carbocycles. The number of carbonyl (C=O) groups excluding carboxylic acids is 1. The molecule has 0 amide bonds. The van der Waals surface area contributed by atoms with Gasteiger partial charge in [-0.05, 0) is 30.4 Å². The number of thioether (sulfide) groups is 1. The van der Waals surface area contributed by atoms with Gasteiger partial charge in [-0.15, -0.1) is 23.1 Å². The number of hydrogen-bond donors (Lipinski definition) is 2. The van der Waals surface area contributed by atoms with Crippen molar-refractivity contribution in [3.63, 3.8) is 0 Å². The fourth-order valence-corrected chi connectivity index (χ4v) is 7.66. The van der Waals surface area contributed by atoms with E-state index in [0.717, 1.165) is 16.2 Å². The van der Waals surface area contributed by atoms with Gasteiger partial charge in [0, 0.05) is 29.7 Å². The zero-order valence-electron chi connectivity index (χ0n) is 19.2. The minimum absolute atomic E-state index is 0.133. The minimum atomic E-state index is -0.947. The zero-order valence-corrected chi connectivity index (χ0v) is 22.4. The Morgan fingerprint density at radius 1 is 1.20 bits per heavy atom. The molecule has 0 saturated carbocycles. The van der Waals surface area contributed by atoms with Gasteiger partial charge in [0.15, 0.2) is 6.04 Å². The summed E-state index contributed by atoms with van der Waals surface area (Å²) in [5, 5.41) is 19.2. The molecule has 1 aliphatic rings. The third-order valence-corrected chi connectivity index (χ3v) is 10.1. The van der Waals surface area contributed by atoms with Crippen molar-refractivity contribution in [2.45, 2.75) is 32.7 Å². The topological polar surface area (TPSA) is 135 Å². The molecule has 1 aliphatic heterocycles. The maximum Gasteiger partial charge on any atom is 0.513 e. The molecule has 3 atom stereocenters. The average Bonchev–Trinajstić information content (AvgIpc) is 3.44. The Morgan fingerprint density at radius 3 is 2.71 bits per heavy atom. The van der Waals surface area contributed by atoms with Crippen molar-refractivity contribution in [1.29, 1.82) is 0 Å². The van der Waals surface area contributed by atoms with Gasteiger partial charge < -0.3 is 19.7 Å². The molecule has 0 fully saturated rings. The van der Waals surface area contributed by atoms with E-state index in [9.17, 15) is 14.4 Å². The SMILES string of the molecule is CC(CSSCCCOC(=O)Oc1ccc2nc(C3=N[C@@H](C(=O)O)CS3)sc2c1)C(C)CC(=O)O. The van der Waals surface area contributed by atoms with Crippen molar-refractivity contribution in [1.82, 2.24) is 4.98 Å². The van der Waals surface area contributed by atoms with Gasteiger partial charge in [-0.3, -0.25) is 9.79 Å². The lowest BCUT2D eigenvalue weighted by molar-refractivity contribution is -0.139. The maximum absolute atomic E-state index is 12.0. The van der Waals surface area contributed by atoms with E-state index in [-0.39, 0.29) is 18.9 Å². The number of ether oxygens (including phenoxy) is 2. The minimum Gasteiger partial charge on any atom is -0.481 e. The highest BCUT2D eigenvalue weighted by molar-refractivity contribution is 8.76. The molecule has 13 heteroatoms. The van der Waals surface area contributed by atoms with E-state index in [1.165, 1.54) is 23.1 Å². The molecule has 0 spiro atoms. The van der Waals surface area contributed by atoms with Crippen LogP contribution in [0.15, 0.2) is 23.2 Å². The first-order valence-electron chi connectivity index (χ1n) is 10.9. The van der Waals surface area contributed by atoms with Crippen LogP contribution in [-0.4, -0.2) is 68.2 Å². The van der Waals surface area contributed by atoms with Crippen LogP contribution >= 0.6 is 44.7 Å². The fourth-order valence-electron chi connectivity index (χ4n) is 2.93. The summed E-state index contributed by atoms with van der Waals surface area (Å²) in [5.74, 6) is 1.14. The van der Waals surface area contributed by atoms with Crippen molar-refractivity contribution in [2.75, 3.05) is 23.9 Å². The van der Waals surface area contributed by atoms with E-state index < -0.39 is 24.1 Å². The number of carboxylic acid groups (broad SMARTS) is 2. The monoisotopic (exact) mass is 558 g/mol. The van der Waals surface area contributed by atoms with Crippen molar-refractivity contribution >= 4 is 78.0 Å². The summed E-state index contributed by atoms with van der Waals surface area (Å²) in [6.07, 6.45) is 0.0872. The highest BCUT2D eigenvalue weighted by Gasteiger charge is 2.27. The van der Waals surface area contributed by atoms with Crippen LogP contribution < -0.4 is 4.74 Å². The van der Waals surface area contributed by atoms with E-state index in [4.69, 9.17) is 19.7 Å². The summed E-state index contributed by atoms with van der Waals surface area (Å²) in [5.41, 5.74) is 0.717. The van der Waals surface area contributed by atoms with Crippen LogP contribution in [0, 0.1) is 11.8 Å². The Balaban J connectivity index is 1.37. The second-order valence-corrected chi connectivity index (χ2v) is 12.6. The van der Waals surface area contributed by atoms with Crippen LogP contribution in [0.1, 0.15) is 31.7 Å². The number of fused-ring (bicyclic) bond motifs is 1. The van der Waals surface area contributed by atoms with Crippen molar-refractivity contribution in [3.05, 3.63) is 23.2 Å². The molecule has 1 aromatic heterocycles. The van der Waals surface area contributed by atoms with Gasteiger partial charge >= 0.3 is 18.1 Å².